The van der Waals surface area contributed by atoms with Gasteiger partial charge in [0.25, 0.3) is 0 Å². The maximum atomic E-state index is 12.8. The molecule has 20 heavy (non-hydrogen) atoms. The van der Waals surface area contributed by atoms with Crippen LogP contribution in [0.5, 0.6) is 0 Å². The Kier molecular flexibility index (Phi) is 4.70. The van der Waals surface area contributed by atoms with Crippen molar-refractivity contribution in [1.29, 1.82) is 0 Å². The standard InChI is InChI=1S/C15H24N2O2S/c1-3-6-14-7-4-5-8-17(14)20(18,19)15-10-12(2)9-13(16)11-15/h9-11,14H,3-8,16H2,1-2H3. The van der Waals surface area contributed by atoms with Crippen LogP contribution >= 0.6 is 0 Å². The highest BCUT2D eigenvalue weighted by atomic mass is 32.2. The van der Waals surface area contributed by atoms with E-state index in [1.54, 1.807) is 22.5 Å². The van der Waals surface area contributed by atoms with Gasteiger partial charge in [0.1, 0.15) is 0 Å². The fourth-order valence-electron chi connectivity index (χ4n) is 2.97. The molecule has 1 aliphatic heterocycles. The molecule has 0 bridgehead atoms. The molecule has 4 nitrogen and oxygen atoms in total. The SMILES string of the molecule is CCCC1CCCCN1S(=O)(=O)c1cc(C)cc(N)c1. The van der Waals surface area contributed by atoms with Crippen LogP contribution in [0.15, 0.2) is 23.1 Å². The number of hydrogen-bond donors (Lipinski definition) is 1. The molecule has 1 unspecified atom stereocenters. The molecule has 1 saturated heterocycles. The lowest BCUT2D eigenvalue weighted by molar-refractivity contribution is 0.239. The zero-order valence-electron chi connectivity index (χ0n) is 12.3. The predicted octanol–water partition coefficient (Wildman–Crippen LogP) is 2.92. The van der Waals surface area contributed by atoms with Crippen LogP contribution in [0, 0.1) is 6.92 Å². The van der Waals surface area contributed by atoms with Crippen LogP contribution in [-0.4, -0.2) is 25.3 Å². The molecule has 2 rings (SSSR count). The van der Waals surface area contributed by atoms with E-state index < -0.39 is 10.0 Å². The maximum Gasteiger partial charge on any atom is 0.243 e. The van der Waals surface area contributed by atoms with Crippen LogP contribution in [0.1, 0.15) is 44.6 Å². The van der Waals surface area contributed by atoms with E-state index in [0.29, 0.717) is 17.1 Å². The first kappa shape index (κ1) is 15.3. The van der Waals surface area contributed by atoms with Crippen LogP contribution in [0.25, 0.3) is 0 Å². The van der Waals surface area contributed by atoms with Gasteiger partial charge in [-0.1, -0.05) is 19.8 Å². The number of piperidine rings is 1. The predicted molar refractivity (Wildman–Crippen MR) is 82.0 cm³/mol. The number of nitrogen functional groups attached to an aromatic ring is 1. The first-order valence-corrected chi connectivity index (χ1v) is 8.78. The fraction of sp³-hybridized carbons (Fsp3) is 0.600. The molecule has 0 radical (unpaired) electrons. The average Bonchev–Trinajstić information content (AvgIpc) is 2.38. The first-order chi connectivity index (χ1) is 9.45. The molecule has 1 aromatic rings. The molecule has 1 atom stereocenters. The number of aryl methyl sites for hydroxylation is 1. The van der Waals surface area contributed by atoms with Gasteiger partial charge in [0.15, 0.2) is 0 Å². The van der Waals surface area contributed by atoms with E-state index >= 15 is 0 Å². The molecule has 112 valence electrons. The van der Waals surface area contributed by atoms with Gasteiger partial charge in [-0.3, -0.25) is 0 Å². The van der Waals surface area contributed by atoms with Gasteiger partial charge < -0.3 is 5.73 Å². The molecular weight excluding hydrogens is 272 g/mol. The number of anilines is 1. The Morgan fingerprint density at radius 1 is 1.30 bits per heavy atom. The summed E-state index contributed by atoms with van der Waals surface area (Å²) in [6.45, 7) is 4.60. The highest BCUT2D eigenvalue weighted by Crippen LogP contribution is 2.29. The fourth-order valence-corrected chi connectivity index (χ4v) is 4.84. The van der Waals surface area contributed by atoms with Crippen molar-refractivity contribution in [1.82, 2.24) is 4.31 Å². The Bertz CT molecular complexity index is 547. The average molecular weight is 296 g/mol. The molecule has 2 N–H and O–H groups in total. The van der Waals surface area contributed by atoms with Crippen molar-refractivity contribution in [2.24, 2.45) is 0 Å². The molecule has 1 heterocycles. The van der Waals surface area contributed by atoms with E-state index in [0.717, 1.165) is 37.7 Å². The Morgan fingerprint density at radius 3 is 2.70 bits per heavy atom. The van der Waals surface area contributed by atoms with Gasteiger partial charge in [0.05, 0.1) is 4.90 Å². The molecule has 1 aliphatic rings. The molecule has 1 aromatic carbocycles. The van der Waals surface area contributed by atoms with Crippen molar-refractivity contribution < 1.29 is 8.42 Å². The Labute approximate surface area is 122 Å². The smallest absolute Gasteiger partial charge is 0.243 e. The normalized spacial score (nSPS) is 21.0. The van der Waals surface area contributed by atoms with Gasteiger partial charge >= 0.3 is 0 Å². The number of sulfonamides is 1. The lowest BCUT2D eigenvalue weighted by atomic mass is 10.0. The minimum absolute atomic E-state index is 0.139. The molecule has 0 amide bonds. The Morgan fingerprint density at radius 2 is 2.05 bits per heavy atom. The van der Waals surface area contributed by atoms with Gasteiger partial charge in [-0.05, 0) is 49.9 Å². The minimum Gasteiger partial charge on any atom is -0.399 e. The zero-order valence-corrected chi connectivity index (χ0v) is 13.1. The summed E-state index contributed by atoms with van der Waals surface area (Å²) in [6, 6.07) is 5.21. The molecule has 0 saturated carbocycles. The van der Waals surface area contributed by atoms with Crippen LogP contribution in [0.3, 0.4) is 0 Å². The van der Waals surface area contributed by atoms with Gasteiger partial charge in [-0.15, -0.1) is 0 Å². The first-order valence-electron chi connectivity index (χ1n) is 7.34. The largest absolute Gasteiger partial charge is 0.399 e. The van der Waals surface area contributed by atoms with Crippen molar-refractivity contribution in [2.45, 2.75) is 56.9 Å². The van der Waals surface area contributed by atoms with Gasteiger partial charge in [-0.25, -0.2) is 8.42 Å². The summed E-state index contributed by atoms with van der Waals surface area (Å²) in [4.78, 5) is 0.331. The van der Waals surface area contributed by atoms with Crippen molar-refractivity contribution in [3.8, 4) is 0 Å². The third-order valence-electron chi connectivity index (χ3n) is 3.87. The second-order valence-electron chi connectivity index (χ2n) is 5.63. The summed E-state index contributed by atoms with van der Waals surface area (Å²) >= 11 is 0. The molecule has 0 aliphatic carbocycles. The summed E-state index contributed by atoms with van der Waals surface area (Å²) in [6.07, 6.45) is 4.97. The number of nitrogens with zero attached hydrogens (tertiary/aromatic N) is 1. The lowest BCUT2D eigenvalue weighted by Crippen LogP contribution is -2.43. The van der Waals surface area contributed by atoms with Crippen molar-refractivity contribution in [3.63, 3.8) is 0 Å². The second-order valence-corrected chi connectivity index (χ2v) is 7.52. The second kappa shape index (κ2) is 6.14. The van der Waals surface area contributed by atoms with Gasteiger partial charge in [0, 0.05) is 18.3 Å². The third kappa shape index (κ3) is 3.15. The summed E-state index contributed by atoms with van der Waals surface area (Å²) in [5.41, 5.74) is 7.19. The summed E-state index contributed by atoms with van der Waals surface area (Å²) in [5.74, 6) is 0. The monoisotopic (exact) mass is 296 g/mol. The lowest BCUT2D eigenvalue weighted by Gasteiger charge is -2.34. The van der Waals surface area contributed by atoms with Crippen molar-refractivity contribution in [3.05, 3.63) is 23.8 Å². The van der Waals surface area contributed by atoms with Crippen LogP contribution in [0.2, 0.25) is 0 Å². The van der Waals surface area contributed by atoms with E-state index in [1.165, 1.54) is 0 Å². The Hall–Kier alpha value is -1.07. The number of benzene rings is 1. The topological polar surface area (TPSA) is 63.4 Å². The number of rotatable bonds is 4. The number of nitrogens with two attached hydrogens (primary N) is 1. The maximum absolute atomic E-state index is 12.8. The van der Waals surface area contributed by atoms with Crippen molar-refractivity contribution in [2.75, 3.05) is 12.3 Å². The highest BCUT2D eigenvalue weighted by Gasteiger charge is 2.33. The van der Waals surface area contributed by atoms with Crippen molar-refractivity contribution >= 4 is 15.7 Å². The van der Waals surface area contributed by atoms with Gasteiger partial charge in [-0.2, -0.15) is 4.31 Å². The van der Waals surface area contributed by atoms with Crippen LogP contribution in [-0.2, 0) is 10.0 Å². The summed E-state index contributed by atoms with van der Waals surface area (Å²) < 4.78 is 27.4. The van der Waals surface area contributed by atoms with Gasteiger partial charge in [0.2, 0.25) is 10.0 Å². The molecule has 0 spiro atoms. The van der Waals surface area contributed by atoms with Crippen LogP contribution in [0.4, 0.5) is 5.69 Å². The van der Waals surface area contributed by atoms with Crippen LogP contribution < -0.4 is 5.73 Å². The molecule has 1 fully saturated rings. The third-order valence-corrected chi connectivity index (χ3v) is 5.80. The van der Waals surface area contributed by atoms with E-state index in [-0.39, 0.29) is 6.04 Å². The minimum atomic E-state index is -3.43. The van der Waals surface area contributed by atoms with E-state index in [2.05, 4.69) is 6.92 Å². The zero-order chi connectivity index (χ0) is 14.8. The Balaban J connectivity index is 2.36. The molecule has 5 heteroatoms. The molecule has 0 aromatic heterocycles. The van der Waals surface area contributed by atoms with E-state index in [1.807, 2.05) is 6.92 Å². The summed E-state index contributed by atoms with van der Waals surface area (Å²) in [7, 11) is -3.43. The molecular formula is C15H24N2O2S. The summed E-state index contributed by atoms with van der Waals surface area (Å²) in [5, 5.41) is 0. The number of hydrogen-bond acceptors (Lipinski definition) is 3. The highest BCUT2D eigenvalue weighted by molar-refractivity contribution is 7.89. The quantitative estimate of drug-likeness (QED) is 0.869. The van der Waals surface area contributed by atoms with E-state index in [4.69, 9.17) is 5.73 Å². The van der Waals surface area contributed by atoms with E-state index in [9.17, 15) is 8.42 Å².